The maximum atomic E-state index is 11.3. The second kappa shape index (κ2) is 7.70. The highest BCUT2D eigenvalue weighted by atomic mass is 16.5. The van der Waals surface area contributed by atoms with Gasteiger partial charge in [0, 0.05) is 38.2 Å². The lowest BCUT2D eigenvalue weighted by Gasteiger charge is -2.32. The minimum absolute atomic E-state index is 0.168. The Labute approximate surface area is 126 Å². The summed E-state index contributed by atoms with van der Waals surface area (Å²) in [7, 11) is 0. The van der Waals surface area contributed by atoms with E-state index in [9.17, 15) is 4.79 Å². The third-order valence-electron chi connectivity index (χ3n) is 3.81. The molecule has 1 fully saturated rings. The van der Waals surface area contributed by atoms with E-state index in [-0.39, 0.29) is 12.5 Å². The number of hydrogen-bond acceptors (Lipinski definition) is 3. The molecule has 0 unspecified atom stereocenters. The molecule has 4 nitrogen and oxygen atoms in total. The summed E-state index contributed by atoms with van der Waals surface area (Å²) in [5.41, 5.74) is 1.11. The highest BCUT2D eigenvalue weighted by molar-refractivity contribution is 5.73. The molecule has 21 heavy (non-hydrogen) atoms. The summed E-state index contributed by atoms with van der Waals surface area (Å²) in [5, 5.41) is 3.54. The molecular formula is C17H22N2O2. The van der Waals surface area contributed by atoms with Gasteiger partial charge in [-0.3, -0.25) is 4.79 Å². The predicted molar refractivity (Wildman–Crippen MR) is 82.9 cm³/mol. The third kappa shape index (κ3) is 4.51. The van der Waals surface area contributed by atoms with Crippen molar-refractivity contribution in [2.45, 2.75) is 32.4 Å². The lowest BCUT2D eigenvalue weighted by Crippen LogP contribution is -2.43. The molecule has 0 aromatic heterocycles. The van der Waals surface area contributed by atoms with Crippen molar-refractivity contribution in [2.75, 3.05) is 19.7 Å². The monoisotopic (exact) mass is 286 g/mol. The normalized spacial score (nSPS) is 15.5. The van der Waals surface area contributed by atoms with Gasteiger partial charge in [-0.1, -0.05) is 24.1 Å². The van der Waals surface area contributed by atoms with E-state index < -0.39 is 0 Å². The Kier molecular flexibility index (Phi) is 5.65. The summed E-state index contributed by atoms with van der Waals surface area (Å²) >= 11 is 0. The number of nitrogens with zero attached hydrogens (tertiary/aromatic N) is 1. The highest BCUT2D eigenvalue weighted by Crippen LogP contribution is 2.19. The van der Waals surface area contributed by atoms with Crippen LogP contribution in [0.25, 0.3) is 0 Å². The van der Waals surface area contributed by atoms with Crippen LogP contribution in [-0.4, -0.2) is 36.5 Å². The van der Waals surface area contributed by atoms with E-state index in [1.807, 2.05) is 29.2 Å². The average molecular weight is 286 g/mol. The van der Waals surface area contributed by atoms with Crippen LogP contribution in [0.15, 0.2) is 24.3 Å². The number of nitrogens with one attached hydrogen (secondary N) is 1. The molecule has 1 N–H and O–H groups in total. The van der Waals surface area contributed by atoms with Gasteiger partial charge >= 0.3 is 0 Å². The number of amides is 1. The zero-order chi connectivity index (χ0) is 15.1. The molecule has 0 bridgehead atoms. The van der Waals surface area contributed by atoms with Gasteiger partial charge in [-0.25, -0.2) is 0 Å². The summed E-state index contributed by atoms with van der Waals surface area (Å²) in [5.74, 6) is 3.49. The Morgan fingerprint density at radius 2 is 2.14 bits per heavy atom. The molecule has 1 aromatic rings. The molecule has 4 heteroatoms. The van der Waals surface area contributed by atoms with Gasteiger partial charge in [0.15, 0.2) is 0 Å². The van der Waals surface area contributed by atoms with Crippen LogP contribution < -0.4 is 10.1 Å². The van der Waals surface area contributed by atoms with E-state index in [1.165, 1.54) is 0 Å². The molecule has 1 amide bonds. The predicted octanol–water partition coefficient (Wildman–Crippen LogP) is 1.80. The Morgan fingerprint density at radius 1 is 1.43 bits per heavy atom. The lowest BCUT2D eigenvalue weighted by molar-refractivity contribution is -0.129. The fourth-order valence-electron chi connectivity index (χ4n) is 2.56. The van der Waals surface area contributed by atoms with Crippen LogP contribution in [0.1, 0.15) is 25.3 Å². The molecule has 0 aliphatic carbocycles. The van der Waals surface area contributed by atoms with Gasteiger partial charge in [0.05, 0.1) is 0 Å². The summed E-state index contributed by atoms with van der Waals surface area (Å²) in [6.45, 7) is 4.34. The minimum atomic E-state index is 0.168. The topological polar surface area (TPSA) is 41.6 Å². The number of carbonyl (C=O) groups is 1. The van der Waals surface area contributed by atoms with Crippen molar-refractivity contribution in [1.82, 2.24) is 10.2 Å². The van der Waals surface area contributed by atoms with Crippen molar-refractivity contribution in [3.63, 3.8) is 0 Å². The molecule has 1 aliphatic heterocycles. The van der Waals surface area contributed by atoms with E-state index in [0.29, 0.717) is 6.04 Å². The van der Waals surface area contributed by atoms with Crippen molar-refractivity contribution in [1.29, 1.82) is 0 Å². The first-order valence-electron chi connectivity index (χ1n) is 7.33. The van der Waals surface area contributed by atoms with Crippen molar-refractivity contribution in [3.05, 3.63) is 29.8 Å². The van der Waals surface area contributed by atoms with Crippen LogP contribution in [0.2, 0.25) is 0 Å². The second-order valence-corrected chi connectivity index (χ2v) is 5.26. The quantitative estimate of drug-likeness (QED) is 0.839. The third-order valence-corrected chi connectivity index (χ3v) is 3.81. The fourth-order valence-corrected chi connectivity index (χ4v) is 2.56. The van der Waals surface area contributed by atoms with Gasteiger partial charge in [-0.05, 0) is 18.9 Å². The number of carbonyl (C=O) groups excluding carboxylic acids is 1. The molecule has 1 aliphatic rings. The molecule has 1 aromatic carbocycles. The Balaban J connectivity index is 1.84. The van der Waals surface area contributed by atoms with Crippen molar-refractivity contribution < 1.29 is 9.53 Å². The van der Waals surface area contributed by atoms with Crippen LogP contribution in [-0.2, 0) is 11.3 Å². The van der Waals surface area contributed by atoms with Gasteiger partial charge in [0.1, 0.15) is 12.4 Å². The van der Waals surface area contributed by atoms with Crippen LogP contribution in [0.3, 0.4) is 0 Å². The van der Waals surface area contributed by atoms with Gasteiger partial charge in [0.2, 0.25) is 5.91 Å². The van der Waals surface area contributed by atoms with Crippen LogP contribution >= 0.6 is 0 Å². The maximum Gasteiger partial charge on any atom is 0.219 e. The van der Waals surface area contributed by atoms with Crippen LogP contribution in [0.5, 0.6) is 5.75 Å². The Morgan fingerprint density at radius 3 is 2.81 bits per heavy atom. The number of piperidine rings is 1. The Hall–Kier alpha value is -1.99. The first kappa shape index (κ1) is 15.4. The Bertz CT molecular complexity index is 514. The highest BCUT2D eigenvalue weighted by Gasteiger charge is 2.20. The second-order valence-electron chi connectivity index (χ2n) is 5.26. The zero-order valence-corrected chi connectivity index (χ0v) is 12.5. The zero-order valence-electron chi connectivity index (χ0n) is 12.5. The van der Waals surface area contributed by atoms with Gasteiger partial charge < -0.3 is 15.0 Å². The minimum Gasteiger partial charge on any atom is -0.481 e. The summed E-state index contributed by atoms with van der Waals surface area (Å²) < 4.78 is 5.55. The number of para-hydroxylation sites is 1. The maximum absolute atomic E-state index is 11.3. The van der Waals surface area contributed by atoms with E-state index >= 15 is 0 Å². The summed E-state index contributed by atoms with van der Waals surface area (Å²) in [4.78, 5) is 13.2. The number of ether oxygens (including phenoxy) is 1. The van der Waals surface area contributed by atoms with E-state index in [0.717, 1.165) is 43.8 Å². The van der Waals surface area contributed by atoms with Crippen LogP contribution in [0, 0.1) is 12.3 Å². The lowest BCUT2D eigenvalue weighted by atomic mass is 10.0. The first-order valence-corrected chi connectivity index (χ1v) is 7.33. The molecular weight excluding hydrogens is 264 g/mol. The SMILES string of the molecule is C#CCOc1ccccc1CNC1CCN(C(C)=O)CC1. The largest absolute Gasteiger partial charge is 0.481 e. The first-order chi connectivity index (χ1) is 10.2. The van der Waals surface area contributed by atoms with E-state index in [4.69, 9.17) is 11.2 Å². The molecule has 112 valence electrons. The molecule has 1 saturated heterocycles. The van der Waals surface area contributed by atoms with E-state index in [1.54, 1.807) is 6.92 Å². The van der Waals surface area contributed by atoms with E-state index in [2.05, 4.69) is 11.2 Å². The molecule has 0 spiro atoms. The summed E-state index contributed by atoms with van der Waals surface area (Å²) in [6.07, 6.45) is 7.22. The number of benzene rings is 1. The molecule has 2 rings (SSSR count). The number of terminal acetylenes is 1. The number of rotatable bonds is 5. The number of likely N-dealkylation sites (tertiary alicyclic amines) is 1. The van der Waals surface area contributed by atoms with Crippen LogP contribution in [0.4, 0.5) is 0 Å². The van der Waals surface area contributed by atoms with Gasteiger partial charge in [-0.15, -0.1) is 6.42 Å². The van der Waals surface area contributed by atoms with Gasteiger partial charge in [0.25, 0.3) is 0 Å². The smallest absolute Gasteiger partial charge is 0.219 e. The average Bonchev–Trinajstić information content (AvgIpc) is 2.52. The van der Waals surface area contributed by atoms with Crippen molar-refractivity contribution >= 4 is 5.91 Å². The van der Waals surface area contributed by atoms with Gasteiger partial charge in [-0.2, -0.15) is 0 Å². The summed E-state index contributed by atoms with van der Waals surface area (Å²) in [6, 6.07) is 8.37. The van der Waals surface area contributed by atoms with Crippen molar-refractivity contribution in [2.24, 2.45) is 0 Å². The molecule has 0 radical (unpaired) electrons. The molecule has 1 heterocycles. The van der Waals surface area contributed by atoms with Crippen molar-refractivity contribution in [3.8, 4) is 18.1 Å². The number of hydrogen-bond donors (Lipinski definition) is 1. The standard InChI is InChI=1S/C17H22N2O2/c1-3-12-21-17-7-5-4-6-15(17)13-18-16-8-10-19(11-9-16)14(2)20/h1,4-7,16,18H,8-13H2,2H3. The molecule has 0 atom stereocenters. The molecule has 0 saturated carbocycles. The fraction of sp³-hybridized carbons (Fsp3) is 0.471.